The molecule has 8 heteroatoms. The Kier molecular flexibility index (Phi) is 4.20. The first kappa shape index (κ1) is 14.0. The summed E-state index contributed by atoms with van der Waals surface area (Å²) in [6, 6.07) is 0. The molecule has 1 saturated heterocycles. The van der Waals surface area contributed by atoms with Crippen molar-refractivity contribution in [1.29, 1.82) is 0 Å². The highest BCUT2D eigenvalue weighted by atomic mass is 32.2. The van der Waals surface area contributed by atoms with E-state index in [4.69, 9.17) is 0 Å². The molecule has 1 aliphatic heterocycles. The lowest BCUT2D eigenvalue weighted by Crippen LogP contribution is -2.32. The van der Waals surface area contributed by atoms with E-state index in [1.54, 1.807) is 11.8 Å². The summed E-state index contributed by atoms with van der Waals surface area (Å²) >= 11 is 0. The van der Waals surface area contributed by atoms with Crippen molar-refractivity contribution in [1.82, 2.24) is 19.6 Å². The molecule has 0 aromatic carbocycles. The van der Waals surface area contributed by atoms with Crippen LogP contribution in [0.4, 0.5) is 0 Å². The second-order valence-electron chi connectivity index (χ2n) is 4.57. The van der Waals surface area contributed by atoms with E-state index in [1.165, 1.54) is 6.20 Å². The van der Waals surface area contributed by atoms with Gasteiger partial charge in [-0.05, 0) is 19.8 Å². The van der Waals surface area contributed by atoms with Crippen LogP contribution in [-0.2, 0) is 14.8 Å². The summed E-state index contributed by atoms with van der Waals surface area (Å²) in [6.07, 6.45) is 3.52. The highest BCUT2D eigenvalue weighted by Gasteiger charge is 2.20. The quantitative estimate of drug-likeness (QED) is 0.797. The van der Waals surface area contributed by atoms with E-state index < -0.39 is 10.0 Å². The van der Waals surface area contributed by atoms with Crippen molar-refractivity contribution in [3.05, 3.63) is 12.0 Å². The Hall–Kier alpha value is -1.41. The van der Waals surface area contributed by atoms with Crippen LogP contribution in [0.2, 0.25) is 0 Å². The van der Waals surface area contributed by atoms with Crippen LogP contribution < -0.4 is 4.72 Å². The molecule has 7 nitrogen and oxygen atoms in total. The number of aryl methyl sites for hydroxylation is 1. The predicted molar refractivity (Wildman–Crippen MR) is 68.9 cm³/mol. The van der Waals surface area contributed by atoms with Crippen LogP contribution in [0.3, 0.4) is 0 Å². The molecule has 1 amide bonds. The molecule has 0 saturated carbocycles. The third-order valence-electron chi connectivity index (χ3n) is 3.06. The molecule has 1 aliphatic rings. The van der Waals surface area contributed by atoms with Crippen LogP contribution >= 0.6 is 0 Å². The summed E-state index contributed by atoms with van der Waals surface area (Å²) < 4.78 is 26.1. The van der Waals surface area contributed by atoms with E-state index in [9.17, 15) is 13.2 Å². The zero-order valence-corrected chi connectivity index (χ0v) is 11.7. The lowest BCUT2D eigenvalue weighted by molar-refractivity contribution is -0.129. The van der Waals surface area contributed by atoms with Crippen molar-refractivity contribution in [2.75, 3.05) is 19.6 Å². The van der Waals surface area contributed by atoms with E-state index in [2.05, 4.69) is 14.7 Å². The summed E-state index contributed by atoms with van der Waals surface area (Å²) in [4.78, 5) is 20.0. The number of rotatable bonds is 5. The summed E-state index contributed by atoms with van der Waals surface area (Å²) in [5.74, 6) is 0.537. The van der Waals surface area contributed by atoms with Gasteiger partial charge in [0.15, 0.2) is 5.03 Å². The van der Waals surface area contributed by atoms with E-state index >= 15 is 0 Å². The number of hydrogen-bond donors (Lipinski definition) is 2. The van der Waals surface area contributed by atoms with Crippen LogP contribution in [0.5, 0.6) is 0 Å². The van der Waals surface area contributed by atoms with Crippen LogP contribution in [-0.4, -0.2) is 48.8 Å². The Bertz CT molecular complexity index is 546. The lowest BCUT2D eigenvalue weighted by atomic mass is 10.4. The van der Waals surface area contributed by atoms with Crippen LogP contribution in [0.15, 0.2) is 11.2 Å². The van der Waals surface area contributed by atoms with Gasteiger partial charge < -0.3 is 9.88 Å². The van der Waals surface area contributed by atoms with Gasteiger partial charge in [0.2, 0.25) is 5.91 Å². The molecule has 0 spiro atoms. The molecule has 106 valence electrons. The van der Waals surface area contributed by atoms with Crippen molar-refractivity contribution < 1.29 is 13.2 Å². The molecule has 2 N–H and O–H groups in total. The van der Waals surface area contributed by atoms with E-state index in [0.717, 1.165) is 25.9 Å². The zero-order valence-electron chi connectivity index (χ0n) is 10.8. The van der Waals surface area contributed by atoms with Gasteiger partial charge in [0, 0.05) is 26.1 Å². The predicted octanol–water partition coefficient (Wildman–Crippen LogP) is 0.00892. The van der Waals surface area contributed by atoms with E-state index in [0.29, 0.717) is 5.82 Å². The smallest absolute Gasteiger partial charge is 0.257 e. The molecule has 0 atom stereocenters. The van der Waals surface area contributed by atoms with Crippen molar-refractivity contribution >= 4 is 15.9 Å². The Labute approximate surface area is 112 Å². The molecule has 1 aromatic heterocycles. The molecule has 1 fully saturated rings. The fourth-order valence-electron chi connectivity index (χ4n) is 2.03. The number of H-pyrrole nitrogens is 1. The van der Waals surface area contributed by atoms with Gasteiger partial charge in [-0.15, -0.1) is 0 Å². The standard InChI is InChI=1S/C11H18N4O3S/c1-9-12-8-10(14-9)19(17,18)13-5-4-11(16)15-6-2-3-7-15/h8,13H,2-7H2,1H3,(H,12,14). The third-order valence-corrected chi connectivity index (χ3v) is 4.43. The third kappa shape index (κ3) is 3.54. The van der Waals surface area contributed by atoms with Crippen molar-refractivity contribution in [3.63, 3.8) is 0 Å². The maximum Gasteiger partial charge on any atom is 0.257 e. The number of carbonyl (C=O) groups is 1. The number of aromatic nitrogens is 2. The molecule has 2 heterocycles. The molecule has 19 heavy (non-hydrogen) atoms. The minimum Gasteiger partial charge on any atom is -0.343 e. The average molecular weight is 286 g/mol. The Morgan fingerprint density at radius 2 is 2.16 bits per heavy atom. The van der Waals surface area contributed by atoms with E-state index in [-0.39, 0.29) is 23.9 Å². The van der Waals surface area contributed by atoms with Crippen LogP contribution in [0.25, 0.3) is 0 Å². The van der Waals surface area contributed by atoms with Gasteiger partial charge in [-0.2, -0.15) is 0 Å². The largest absolute Gasteiger partial charge is 0.343 e. The van der Waals surface area contributed by atoms with Gasteiger partial charge in [0.05, 0.1) is 6.20 Å². The van der Waals surface area contributed by atoms with E-state index in [1.807, 2.05) is 0 Å². The fourth-order valence-corrected chi connectivity index (χ4v) is 3.03. The number of nitrogens with one attached hydrogen (secondary N) is 2. The summed E-state index contributed by atoms with van der Waals surface area (Å²) in [5, 5.41) is 0.0265. The number of sulfonamides is 1. The van der Waals surface area contributed by atoms with Crippen molar-refractivity contribution in [2.24, 2.45) is 0 Å². The highest BCUT2D eigenvalue weighted by molar-refractivity contribution is 7.89. The van der Waals surface area contributed by atoms with Gasteiger partial charge in [0.1, 0.15) is 5.82 Å². The number of aromatic amines is 1. The SMILES string of the molecule is Cc1ncc(S(=O)(=O)NCCC(=O)N2CCCC2)[nH]1. The molecule has 0 aliphatic carbocycles. The molecule has 2 rings (SSSR count). The number of carbonyl (C=O) groups excluding carboxylic acids is 1. The number of hydrogen-bond acceptors (Lipinski definition) is 4. The van der Waals surface area contributed by atoms with Gasteiger partial charge in [0.25, 0.3) is 10.0 Å². The maximum absolute atomic E-state index is 11.8. The molecular weight excluding hydrogens is 268 g/mol. The maximum atomic E-state index is 11.8. The Morgan fingerprint density at radius 3 is 2.74 bits per heavy atom. The first-order chi connectivity index (χ1) is 8.99. The van der Waals surface area contributed by atoms with Gasteiger partial charge in [-0.1, -0.05) is 0 Å². The second-order valence-corrected chi connectivity index (χ2v) is 6.30. The number of amides is 1. The van der Waals surface area contributed by atoms with Crippen LogP contribution in [0, 0.1) is 6.92 Å². The molecule has 1 aromatic rings. The second kappa shape index (κ2) is 5.70. The van der Waals surface area contributed by atoms with Gasteiger partial charge in [-0.3, -0.25) is 4.79 Å². The Balaban J connectivity index is 1.83. The fraction of sp³-hybridized carbons (Fsp3) is 0.636. The zero-order chi connectivity index (χ0) is 13.9. The first-order valence-corrected chi connectivity index (χ1v) is 7.76. The number of likely N-dealkylation sites (tertiary alicyclic amines) is 1. The van der Waals surface area contributed by atoms with Gasteiger partial charge in [-0.25, -0.2) is 18.1 Å². The monoisotopic (exact) mass is 286 g/mol. The Morgan fingerprint density at radius 1 is 1.47 bits per heavy atom. The molecule has 0 radical (unpaired) electrons. The lowest BCUT2D eigenvalue weighted by Gasteiger charge is -2.14. The topological polar surface area (TPSA) is 95.2 Å². The molecule has 0 bridgehead atoms. The first-order valence-electron chi connectivity index (χ1n) is 6.28. The molecule has 0 unspecified atom stereocenters. The summed E-state index contributed by atoms with van der Waals surface area (Å²) in [6.45, 7) is 3.35. The minimum absolute atomic E-state index is 0.000918. The van der Waals surface area contributed by atoms with Crippen LogP contribution in [0.1, 0.15) is 25.1 Å². The van der Waals surface area contributed by atoms with Crippen molar-refractivity contribution in [2.45, 2.75) is 31.2 Å². The normalized spacial score (nSPS) is 15.9. The summed E-state index contributed by atoms with van der Waals surface area (Å²) in [5.41, 5.74) is 0. The minimum atomic E-state index is -3.60. The number of imidazole rings is 1. The highest BCUT2D eigenvalue weighted by Crippen LogP contribution is 2.09. The average Bonchev–Trinajstić information content (AvgIpc) is 2.99. The van der Waals surface area contributed by atoms with Crippen molar-refractivity contribution in [3.8, 4) is 0 Å². The number of nitrogens with zero attached hydrogens (tertiary/aromatic N) is 2. The molecular formula is C11H18N4O3S. The summed E-state index contributed by atoms with van der Waals surface area (Å²) in [7, 11) is -3.60. The van der Waals surface area contributed by atoms with Gasteiger partial charge >= 0.3 is 0 Å².